The van der Waals surface area contributed by atoms with E-state index in [9.17, 15) is 10.2 Å². The Morgan fingerprint density at radius 2 is 1.88 bits per heavy atom. The Balaban J connectivity index is 2.49. The third-order valence-corrected chi connectivity index (χ3v) is 3.70. The van der Waals surface area contributed by atoms with Crippen LogP contribution in [-0.2, 0) is 0 Å². The van der Waals surface area contributed by atoms with Gasteiger partial charge in [-0.15, -0.1) is 0 Å². The monoisotopic (exact) mass is 230 g/mol. The number of hydrogen-bond acceptors (Lipinski definition) is 4. The quantitative estimate of drug-likeness (QED) is 0.698. The molecule has 1 aliphatic heterocycles. The van der Waals surface area contributed by atoms with E-state index < -0.39 is 0 Å². The van der Waals surface area contributed by atoms with Crippen LogP contribution < -0.4 is 0 Å². The van der Waals surface area contributed by atoms with E-state index in [1.807, 2.05) is 6.92 Å². The predicted molar refractivity (Wildman–Crippen MR) is 65.4 cm³/mol. The Labute approximate surface area is 98.9 Å². The minimum Gasteiger partial charge on any atom is -0.396 e. The van der Waals surface area contributed by atoms with Crippen molar-refractivity contribution in [3.63, 3.8) is 0 Å². The summed E-state index contributed by atoms with van der Waals surface area (Å²) in [5, 5.41) is 18.6. The molecule has 0 aliphatic carbocycles. The number of nitrogens with zero attached hydrogens (tertiary/aromatic N) is 2. The van der Waals surface area contributed by atoms with Gasteiger partial charge in [0, 0.05) is 37.6 Å². The maximum absolute atomic E-state index is 9.29. The molecule has 1 rings (SSSR count). The first-order valence-corrected chi connectivity index (χ1v) is 6.19. The zero-order chi connectivity index (χ0) is 12.2. The lowest BCUT2D eigenvalue weighted by Gasteiger charge is -2.42. The summed E-state index contributed by atoms with van der Waals surface area (Å²) in [6.07, 6.45) is 1.15. The first-order chi connectivity index (χ1) is 7.54. The van der Waals surface area contributed by atoms with Crippen molar-refractivity contribution < 1.29 is 10.2 Å². The molecule has 1 fully saturated rings. The lowest BCUT2D eigenvalue weighted by Crippen LogP contribution is -2.54. The van der Waals surface area contributed by atoms with Gasteiger partial charge in [0.25, 0.3) is 0 Å². The van der Waals surface area contributed by atoms with Crippen LogP contribution in [0.4, 0.5) is 0 Å². The zero-order valence-electron chi connectivity index (χ0n) is 10.8. The highest BCUT2D eigenvalue weighted by Gasteiger charge is 2.29. The average molecular weight is 230 g/mol. The Kier molecular flexibility index (Phi) is 5.18. The fraction of sp³-hybridized carbons (Fsp3) is 1.00. The first-order valence-electron chi connectivity index (χ1n) is 6.19. The largest absolute Gasteiger partial charge is 0.396 e. The van der Waals surface area contributed by atoms with Crippen LogP contribution in [0.3, 0.4) is 0 Å². The summed E-state index contributed by atoms with van der Waals surface area (Å²) < 4.78 is 0. The summed E-state index contributed by atoms with van der Waals surface area (Å²) in [5.41, 5.74) is -0.367. The molecule has 2 N–H and O–H groups in total. The maximum Gasteiger partial charge on any atom is 0.0519 e. The van der Waals surface area contributed by atoms with Crippen molar-refractivity contribution in [2.75, 3.05) is 46.4 Å². The summed E-state index contributed by atoms with van der Waals surface area (Å²) in [4.78, 5) is 4.76. The highest BCUT2D eigenvalue weighted by molar-refractivity contribution is 4.84. The Bertz CT molecular complexity index is 207. The van der Waals surface area contributed by atoms with Crippen LogP contribution in [0.2, 0.25) is 0 Å². The van der Waals surface area contributed by atoms with E-state index in [0.29, 0.717) is 6.04 Å². The molecule has 0 bridgehead atoms. The molecule has 4 nitrogen and oxygen atoms in total. The van der Waals surface area contributed by atoms with Crippen molar-refractivity contribution in [3.05, 3.63) is 0 Å². The van der Waals surface area contributed by atoms with Crippen LogP contribution >= 0.6 is 0 Å². The van der Waals surface area contributed by atoms with Gasteiger partial charge < -0.3 is 15.1 Å². The fourth-order valence-electron chi connectivity index (χ4n) is 2.28. The van der Waals surface area contributed by atoms with E-state index in [1.54, 1.807) is 0 Å². The summed E-state index contributed by atoms with van der Waals surface area (Å²) >= 11 is 0. The van der Waals surface area contributed by atoms with E-state index in [1.165, 1.54) is 0 Å². The van der Waals surface area contributed by atoms with Gasteiger partial charge >= 0.3 is 0 Å². The second-order valence-electron chi connectivity index (χ2n) is 5.40. The molecule has 4 heteroatoms. The minimum atomic E-state index is -0.367. The molecule has 1 aliphatic rings. The van der Waals surface area contributed by atoms with E-state index in [2.05, 4.69) is 23.8 Å². The van der Waals surface area contributed by atoms with Crippen LogP contribution in [0.15, 0.2) is 0 Å². The van der Waals surface area contributed by atoms with Crippen molar-refractivity contribution in [3.8, 4) is 0 Å². The molecule has 1 saturated heterocycles. The molecular weight excluding hydrogens is 204 g/mol. The molecule has 1 heterocycles. The van der Waals surface area contributed by atoms with Crippen molar-refractivity contribution in [2.24, 2.45) is 5.41 Å². The van der Waals surface area contributed by atoms with E-state index >= 15 is 0 Å². The average Bonchev–Trinajstić information content (AvgIpc) is 2.31. The second-order valence-corrected chi connectivity index (χ2v) is 5.40. The molecule has 16 heavy (non-hydrogen) atoms. The van der Waals surface area contributed by atoms with Gasteiger partial charge in [0.05, 0.1) is 13.2 Å². The van der Waals surface area contributed by atoms with E-state index in [-0.39, 0.29) is 18.6 Å². The smallest absolute Gasteiger partial charge is 0.0519 e. The number of likely N-dealkylation sites (N-methyl/N-ethyl adjacent to an activating group) is 1. The lowest BCUT2D eigenvalue weighted by molar-refractivity contribution is 0.00798. The maximum atomic E-state index is 9.29. The Hall–Kier alpha value is -0.160. The van der Waals surface area contributed by atoms with Crippen LogP contribution in [-0.4, -0.2) is 72.5 Å². The third kappa shape index (κ3) is 3.42. The standard InChI is InChI=1S/C12H26N2O2/c1-4-11-7-14(6-5-13(11)3)8-12(2,9-15)10-16/h11,15-16H,4-10H2,1-3H3. The van der Waals surface area contributed by atoms with Crippen molar-refractivity contribution in [2.45, 2.75) is 26.3 Å². The van der Waals surface area contributed by atoms with Crippen molar-refractivity contribution >= 4 is 0 Å². The van der Waals surface area contributed by atoms with Crippen LogP contribution in [0.1, 0.15) is 20.3 Å². The summed E-state index contributed by atoms with van der Waals surface area (Å²) in [7, 11) is 2.17. The van der Waals surface area contributed by atoms with Crippen LogP contribution in [0.5, 0.6) is 0 Å². The Morgan fingerprint density at radius 3 is 2.38 bits per heavy atom. The molecule has 0 aromatic heterocycles. The van der Waals surface area contributed by atoms with Gasteiger partial charge in [-0.05, 0) is 13.5 Å². The third-order valence-electron chi connectivity index (χ3n) is 3.70. The van der Waals surface area contributed by atoms with Crippen molar-refractivity contribution in [1.82, 2.24) is 9.80 Å². The molecule has 0 spiro atoms. The second kappa shape index (κ2) is 5.96. The number of hydrogen-bond donors (Lipinski definition) is 2. The summed E-state index contributed by atoms with van der Waals surface area (Å²) in [6, 6.07) is 0.607. The van der Waals surface area contributed by atoms with Gasteiger partial charge in [-0.2, -0.15) is 0 Å². The summed E-state index contributed by atoms with van der Waals surface area (Å²) in [6.45, 7) is 8.18. The normalized spacial score (nSPS) is 24.9. The van der Waals surface area contributed by atoms with E-state index in [4.69, 9.17) is 0 Å². The molecule has 0 amide bonds. The highest BCUT2D eigenvalue weighted by Crippen LogP contribution is 2.19. The van der Waals surface area contributed by atoms with Crippen LogP contribution in [0.25, 0.3) is 0 Å². The van der Waals surface area contributed by atoms with Gasteiger partial charge in [-0.1, -0.05) is 13.8 Å². The number of aliphatic hydroxyl groups is 2. The molecule has 0 saturated carbocycles. The molecule has 0 radical (unpaired) electrons. The summed E-state index contributed by atoms with van der Waals surface area (Å²) in [5.74, 6) is 0. The highest BCUT2D eigenvalue weighted by atomic mass is 16.3. The molecule has 1 atom stereocenters. The zero-order valence-corrected chi connectivity index (χ0v) is 10.8. The number of aliphatic hydroxyl groups excluding tert-OH is 2. The van der Waals surface area contributed by atoms with Gasteiger partial charge in [0.15, 0.2) is 0 Å². The predicted octanol–water partition coefficient (Wildman–Crippen LogP) is 0.00330. The molecule has 0 aromatic carbocycles. The fourth-order valence-corrected chi connectivity index (χ4v) is 2.28. The van der Waals surface area contributed by atoms with Gasteiger partial charge in [-0.25, -0.2) is 0 Å². The molecule has 1 unspecified atom stereocenters. The van der Waals surface area contributed by atoms with Gasteiger partial charge in [-0.3, -0.25) is 4.90 Å². The van der Waals surface area contributed by atoms with E-state index in [0.717, 1.165) is 32.6 Å². The van der Waals surface area contributed by atoms with Gasteiger partial charge in [0.1, 0.15) is 0 Å². The number of piperazine rings is 1. The van der Waals surface area contributed by atoms with Crippen LogP contribution in [0, 0.1) is 5.41 Å². The molecule has 96 valence electrons. The topological polar surface area (TPSA) is 46.9 Å². The lowest BCUT2D eigenvalue weighted by atomic mass is 9.91. The molecular formula is C12H26N2O2. The Morgan fingerprint density at radius 1 is 1.25 bits per heavy atom. The van der Waals surface area contributed by atoms with Gasteiger partial charge in [0.2, 0.25) is 0 Å². The SMILES string of the molecule is CCC1CN(CC(C)(CO)CO)CCN1C. The first kappa shape index (κ1) is 13.9. The molecule has 0 aromatic rings. The van der Waals surface area contributed by atoms with Crippen molar-refractivity contribution in [1.29, 1.82) is 0 Å². The number of rotatable bonds is 5. The minimum absolute atomic E-state index is 0.0482.